The molecular formula is C2H2FOS. The van der Waals surface area contributed by atoms with Gasteiger partial charge in [0.15, 0.2) is 0 Å². The number of rotatable bonds is 2. The van der Waals surface area contributed by atoms with Crippen LogP contribution in [-0.4, -0.2) is 11.6 Å². The van der Waals surface area contributed by atoms with Gasteiger partial charge in [0, 0.05) is 0 Å². The van der Waals surface area contributed by atoms with Crippen molar-refractivity contribution in [3.8, 4) is 0 Å². The van der Waals surface area contributed by atoms with Crippen molar-refractivity contribution in [2.24, 2.45) is 0 Å². The van der Waals surface area contributed by atoms with Gasteiger partial charge in [-0.05, 0) is 11.8 Å². The Hall–Kier alpha value is -0.0500. The van der Waals surface area contributed by atoms with Gasteiger partial charge in [0.2, 0.25) is 0 Å². The normalized spacial score (nSPS) is 7.40. The predicted molar refractivity (Wildman–Crippen MR) is 19.3 cm³/mol. The summed E-state index contributed by atoms with van der Waals surface area (Å²) in [5.41, 5.74) is 1.31. The monoisotopic (exact) mass is 93.0 g/mol. The molecular weight excluding hydrogens is 91.1 g/mol. The van der Waals surface area contributed by atoms with Crippen molar-refractivity contribution in [2.45, 2.75) is 0 Å². The summed E-state index contributed by atoms with van der Waals surface area (Å²) in [4.78, 5) is 9.00. The highest BCUT2D eigenvalue weighted by molar-refractivity contribution is 8.11. The van der Waals surface area contributed by atoms with Crippen LogP contribution < -0.4 is 0 Å². The zero-order chi connectivity index (χ0) is 4.12. The molecule has 3 heteroatoms. The maximum Gasteiger partial charge on any atom is 0.268 e. The first kappa shape index (κ1) is 4.95. The zero-order valence-electron chi connectivity index (χ0n) is 2.40. The van der Waals surface area contributed by atoms with Gasteiger partial charge in [-0.3, -0.25) is 4.79 Å². The van der Waals surface area contributed by atoms with Gasteiger partial charge in [0.1, 0.15) is 6.01 Å². The van der Waals surface area contributed by atoms with Gasteiger partial charge in [-0.1, -0.05) is 0 Å². The predicted octanol–water partition coefficient (Wildman–Crippen LogP) is 0.714. The lowest BCUT2D eigenvalue weighted by molar-refractivity contribution is 0.567. The lowest BCUT2D eigenvalue weighted by Gasteiger charge is -1.64. The number of alkyl halides is 1. The van der Waals surface area contributed by atoms with Crippen LogP contribution in [0.2, 0.25) is 0 Å². The molecule has 0 N–H and O–H groups in total. The molecule has 0 atom stereocenters. The van der Waals surface area contributed by atoms with E-state index in [9.17, 15) is 4.39 Å². The first-order valence-corrected chi connectivity index (χ1v) is 1.95. The first-order chi connectivity index (χ1) is 2.41. The van der Waals surface area contributed by atoms with E-state index in [2.05, 4.69) is 0 Å². The molecule has 0 bridgehead atoms. The minimum atomic E-state index is -0.663. The topological polar surface area (TPSA) is 17.1 Å². The Kier molecular flexibility index (Phi) is 3.91. The molecule has 29 valence electrons. The van der Waals surface area contributed by atoms with E-state index in [-0.39, 0.29) is 0 Å². The van der Waals surface area contributed by atoms with Crippen LogP contribution in [0.1, 0.15) is 0 Å². The van der Waals surface area contributed by atoms with Crippen molar-refractivity contribution in [3.63, 3.8) is 0 Å². The average Bonchev–Trinajstić information content (AvgIpc) is 1.41. The Labute approximate surface area is 33.6 Å². The molecule has 0 aromatic carbocycles. The largest absolute Gasteiger partial charge is 0.277 e. The molecule has 0 aliphatic rings. The summed E-state index contributed by atoms with van der Waals surface area (Å²) in [5.74, 6) is 0. The van der Waals surface area contributed by atoms with Gasteiger partial charge in [0.25, 0.3) is 5.62 Å². The van der Waals surface area contributed by atoms with Crippen molar-refractivity contribution >= 4 is 17.4 Å². The number of carbonyl (C=O) groups excluding carboxylic acids is 1. The first-order valence-electron chi connectivity index (χ1n) is 0.964. The van der Waals surface area contributed by atoms with E-state index < -0.39 is 6.01 Å². The van der Waals surface area contributed by atoms with Crippen molar-refractivity contribution < 1.29 is 9.18 Å². The summed E-state index contributed by atoms with van der Waals surface area (Å²) in [6.07, 6.45) is 0. The van der Waals surface area contributed by atoms with Gasteiger partial charge in [-0.15, -0.1) is 0 Å². The highest BCUT2D eigenvalue weighted by Gasteiger charge is 1.72. The minimum Gasteiger partial charge on any atom is -0.277 e. The second-order valence-electron chi connectivity index (χ2n) is 0.337. The molecule has 1 nitrogen and oxygen atoms in total. The van der Waals surface area contributed by atoms with E-state index in [1.54, 1.807) is 0 Å². The van der Waals surface area contributed by atoms with Gasteiger partial charge in [0.05, 0.1) is 0 Å². The molecule has 0 heterocycles. The van der Waals surface area contributed by atoms with E-state index in [0.29, 0.717) is 11.8 Å². The molecule has 1 radical (unpaired) electrons. The van der Waals surface area contributed by atoms with Gasteiger partial charge in [-0.25, -0.2) is 4.39 Å². The van der Waals surface area contributed by atoms with Crippen molar-refractivity contribution in [1.29, 1.82) is 0 Å². The molecule has 0 rings (SSSR count). The average molecular weight is 93.1 g/mol. The second kappa shape index (κ2) is 3.95. The van der Waals surface area contributed by atoms with E-state index >= 15 is 0 Å². The molecule has 0 aromatic heterocycles. The summed E-state index contributed by atoms with van der Waals surface area (Å²) >= 11 is 0.491. The number of thioether (sulfide) groups is 1. The third-order valence-electron chi connectivity index (χ3n) is 0.113. The van der Waals surface area contributed by atoms with Crippen molar-refractivity contribution in [1.82, 2.24) is 0 Å². The molecule has 0 fully saturated rings. The van der Waals surface area contributed by atoms with Crippen LogP contribution in [0.25, 0.3) is 0 Å². The van der Waals surface area contributed by atoms with Crippen LogP contribution >= 0.6 is 11.8 Å². The van der Waals surface area contributed by atoms with E-state index in [1.807, 2.05) is 0 Å². The maximum absolute atomic E-state index is 10.7. The molecule has 0 spiro atoms. The molecule has 0 amide bonds. The van der Waals surface area contributed by atoms with E-state index in [1.165, 1.54) is 5.62 Å². The van der Waals surface area contributed by atoms with Gasteiger partial charge < -0.3 is 0 Å². The third kappa shape index (κ3) is 3.95. The standard InChI is InChI=1S/C2H2FOS/c3-1-5-2-4/h1H2. The number of hydrogen-bond acceptors (Lipinski definition) is 2. The van der Waals surface area contributed by atoms with Crippen LogP contribution in [0.15, 0.2) is 0 Å². The van der Waals surface area contributed by atoms with Crippen molar-refractivity contribution in [2.75, 3.05) is 6.01 Å². The summed E-state index contributed by atoms with van der Waals surface area (Å²) in [7, 11) is 0. The highest BCUT2D eigenvalue weighted by atomic mass is 32.2. The number of hydrogen-bond donors (Lipinski definition) is 0. The van der Waals surface area contributed by atoms with Crippen LogP contribution in [0.4, 0.5) is 4.39 Å². The SMILES string of the molecule is O=[C]SCF. The van der Waals surface area contributed by atoms with E-state index in [4.69, 9.17) is 4.79 Å². The lowest BCUT2D eigenvalue weighted by Crippen LogP contribution is -1.57. The Morgan fingerprint density at radius 3 is 2.60 bits per heavy atom. The molecule has 0 aliphatic heterocycles. The van der Waals surface area contributed by atoms with E-state index in [0.717, 1.165) is 0 Å². The van der Waals surface area contributed by atoms with Crippen LogP contribution in [0.5, 0.6) is 0 Å². The zero-order valence-corrected chi connectivity index (χ0v) is 3.22. The Morgan fingerprint density at radius 2 is 2.60 bits per heavy atom. The maximum atomic E-state index is 10.7. The van der Waals surface area contributed by atoms with Crippen LogP contribution in [0, 0.1) is 0 Å². The molecule has 0 aromatic rings. The van der Waals surface area contributed by atoms with Gasteiger partial charge >= 0.3 is 0 Å². The minimum absolute atomic E-state index is 0.491. The summed E-state index contributed by atoms with van der Waals surface area (Å²) in [6, 6.07) is -0.663. The lowest BCUT2D eigenvalue weighted by atomic mass is 11.8. The molecule has 0 unspecified atom stereocenters. The highest BCUT2D eigenvalue weighted by Crippen LogP contribution is 1.89. The summed E-state index contributed by atoms with van der Waals surface area (Å²) in [6.45, 7) is 0. The Morgan fingerprint density at radius 1 is 2.00 bits per heavy atom. The number of halogens is 1. The van der Waals surface area contributed by atoms with Crippen molar-refractivity contribution in [3.05, 3.63) is 0 Å². The van der Waals surface area contributed by atoms with Gasteiger partial charge in [-0.2, -0.15) is 0 Å². The molecule has 0 saturated heterocycles. The Bertz CT molecular complexity index is 30.8. The fourth-order valence-electron chi connectivity index (χ4n) is 0.0223. The fourth-order valence-corrected chi connectivity index (χ4v) is 0.0668. The molecule has 0 saturated carbocycles. The summed E-state index contributed by atoms with van der Waals surface area (Å²) < 4.78 is 10.7. The summed E-state index contributed by atoms with van der Waals surface area (Å²) in [5, 5.41) is 0. The second-order valence-corrected chi connectivity index (χ2v) is 1.01. The van der Waals surface area contributed by atoms with Crippen LogP contribution in [-0.2, 0) is 4.79 Å². The third-order valence-corrected chi connectivity index (χ3v) is 0.340. The quantitative estimate of drug-likeness (QED) is 0.500. The smallest absolute Gasteiger partial charge is 0.268 e. The molecule has 5 heavy (non-hydrogen) atoms. The molecule has 0 aliphatic carbocycles. The fraction of sp³-hybridized carbons (Fsp3) is 0.500. The van der Waals surface area contributed by atoms with Crippen LogP contribution in [0.3, 0.4) is 0 Å². The Balaban J connectivity index is 2.40.